The molecule has 0 saturated heterocycles. The van der Waals surface area contributed by atoms with Gasteiger partial charge in [0.2, 0.25) is 5.91 Å². The molecule has 0 unspecified atom stereocenters. The maximum absolute atomic E-state index is 16.1. The van der Waals surface area contributed by atoms with Crippen LogP contribution in [0.15, 0.2) is 61.2 Å². The third kappa shape index (κ3) is 4.15. The maximum Gasteiger partial charge on any atom is 0.227 e. The Hall–Kier alpha value is -5.06. The molecule has 0 atom stereocenters. The lowest BCUT2D eigenvalue weighted by Gasteiger charge is -2.11. The van der Waals surface area contributed by atoms with E-state index in [1.165, 1.54) is 24.5 Å². The Bertz CT molecular complexity index is 1890. The van der Waals surface area contributed by atoms with Crippen molar-refractivity contribution in [3.63, 3.8) is 0 Å². The summed E-state index contributed by atoms with van der Waals surface area (Å²) in [6.45, 7) is 0. The van der Waals surface area contributed by atoms with Crippen LogP contribution < -0.4 is 5.32 Å². The molecule has 7 rings (SSSR count). The molecule has 9 nitrogen and oxygen atoms in total. The summed E-state index contributed by atoms with van der Waals surface area (Å²) in [6.07, 6.45) is 9.95. The Morgan fingerprint density at radius 2 is 1.75 bits per heavy atom. The van der Waals surface area contributed by atoms with Crippen molar-refractivity contribution in [2.24, 2.45) is 5.92 Å². The summed E-state index contributed by atoms with van der Waals surface area (Å²) in [5.74, 6) is -0.635. The topological polar surface area (TPSA) is 125 Å². The normalized spacial score (nSPS) is 13.8. The van der Waals surface area contributed by atoms with Gasteiger partial charge in [-0.05, 0) is 42.7 Å². The zero-order valence-electron chi connectivity index (χ0n) is 21.1. The molecule has 5 aromatic heterocycles. The van der Waals surface area contributed by atoms with E-state index in [0.29, 0.717) is 28.2 Å². The highest BCUT2D eigenvalue weighted by atomic mass is 19.1. The van der Waals surface area contributed by atoms with Gasteiger partial charge in [-0.25, -0.2) is 23.7 Å². The lowest BCUT2D eigenvalue weighted by Crippen LogP contribution is -2.20. The number of imidazole rings is 1. The van der Waals surface area contributed by atoms with Gasteiger partial charge < -0.3 is 10.3 Å². The van der Waals surface area contributed by atoms with E-state index in [4.69, 9.17) is 0 Å². The Morgan fingerprint density at radius 3 is 2.58 bits per heavy atom. The Morgan fingerprint density at radius 1 is 0.925 bits per heavy atom. The summed E-state index contributed by atoms with van der Waals surface area (Å²) < 4.78 is 29.6. The fourth-order valence-corrected chi connectivity index (χ4v) is 5.30. The number of aromatic amines is 2. The van der Waals surface area contributed by atoms with Crippen LogP contribution in [0.5, 0.6) is 0 Å². The first kappa shape index (κ1) is 24.0. The second-order valence-corrected chi connectivity index (χ2v) is 9.86. The smallest absolute Gasteiger partial charge is 0.227 e. The molecule has 40 heavy (non-hydrogen) atoms. The number of carbonyl (C=O) groups is 1. The number of benzene rings is 1. The van der Waals surface area contributed by atoms with Gasteiger partial charge in [-0.15, -0.1) is 0 Å². The first-order chi connectivity index (χ1) is 19.5. The standard InChI is InChI=1S/C29H22F2N8O/c30-18-7-5-15(6-8-18)20-9-10-33-27-24(20)36-28(37-27)25-22-23(31)21(14-34-26(22)39-38-25)17-11-19(13-32-12-17)35-29(40)16-3-1-2-4-16/h5-14,16H,1-4H2,(H,35,40)(H,33,36,37)(H,34,38,39). The number of halogens is 2. The number of hydrogen-bond acceptors (Lipinski definition) is 6. The molecule has 0 aliphatic heterocycles. The van der Waals surface area contributed by atoms with E-state index < -0.39 is 5.82 Å². The minimum Gasteiger partial charge on any atom is -0.324 e. The van der Waals surface area contributed by atoms with Crippen LogP contribution in [0.3, 0.4) is 0 Å². The zero-order valence-corrected chi connectivity index (χ0v) is 21.1. The molecule has 1 aliphatic rings. The number of aromatic nitrogens is 7. The van der Waals surface area contributed by atoms with Gasteiger partial charge in [0.05, 0.1) is 17.3 Å². The number of amides is 1. The molecule has 1 fully saturated rings. The average molecular weight is 537 g/mol. The van der Waals surface area contributed by atoms with Crippen molar-refractivity contribution in [3.05, 3.63) is 72.8 Å². The predicted molar refractivity (Wildman–Crippen MR) is 146 cm³/mol. The second-order valence-electron chi connectivity index (χ2n) is 9.86. The van der Waals surface area contributed by atoms with Crippen LogP contribution in [0.4, 0.5) is 14.5 Å². The van der Waals surface area contributed by atoms with Crippen LogP contribution in [-0.2, 0) is 4.79 Å². The first-order valence-corrected chi connectivity index (χ1v) is 12.9. The Labute approximate surface area is 226 Å². The molecule has 11 heteroatoms. The van der Waals surface area contributed by atoms with Crippen molar-refractivity contribution in [3.8, 4) is 33.8 Å². The number of pyridine rings is 3. The van der Waals surface area contributed by atoms with Gasteiger partial charge in [0.1, 0.15) is 22.8 Å². The van der Waals surface area contributed by atoms with Crippen LogP contribution in [-0.4, -0.2) is 41.0 Å². The molecule has 6 aromatic rings. The highest BCUT2D eigenvalue weighted by Gasteiger charge is 2.24. The van der Waals surface area contributed by atoms with E-state index in [0.717, 1.165) is 36.8 Å². The number of hydrogen-bond donors (Lipinski definition) is 3. The summed E-state index contributed by atoms with van der Waals surface area (Å²) in [5.41, 5.74) is 4.19. The minimum absolute atomic E-state index is 0.00577. The third-order valence-electron chi connectivity index (χ3n) is 7.33. The summed E-state index contributed by atoms with van der Waals surface area (Å²) in [7, 11) is 0. The highest BCUT2D eigenvalue weighted by Crippen LogP contribution is 2.35. The first-order valence-electron chi connectivity index (χ1n) is 12.9. The van der Waals surface area contributed by atoms with E-state index in [1.807, 2.05) is 0 Å². The minimum atomic E-state index is -0.554. The van der Waals surface area contributed by atoms with Crippen molar-refractivity contribution >= 4 is 33.8 Å². The number of fused-ring (bicyclic) bond motifs is 2. The molecular weight excluding hydrogens is 514 g/mol. The summed E-state index contributed by atoms with van der Waals surface area (Å²) in [4.78, 5) is 33.4. The van der Waals surface area contributed by atoms with Crippen molar-refractivity contribution in [2.45, 2.75) is 25.7 Å². The van der Waals surface area contributed by atoms with Crippen molar-refractivity contribution in [1.29, 1.82) is 0 Å². The molecule has 0 bridgehead atoms. The molecule has 1 amide bonds. The number of carbonyl (C=O) groups excluding carboxylic acids is 1. The van der Waals surface area contributed by atoms with E-state index in [1.54, 1.807) is 36.7 Å². The van der Waals surface area contributed by atoms with Crippen LogP contribution >= 0.6 is 0 Å². The SMILES string of the molecule is O=C(Nc1cncc(-c2cnc3[nH]nc(-c4nc5c(-c6ccc(F)cc6)ccnc5[nH]4)c3c2F)c1)C1CCCC1. The molecule has 1 aliphatic carbocycles. The van der Waals surface area contributed by atoms with E-state index in [2.05, 4.69) is 40.4 Å². The summed E-state index contributed by atoms with van der Waals surface area (Å²) in [6, 6.07) is 9.55. The van der Waals surface area contributed by atoms with Gasteiger partial charge >= 0.3 is 0 Å². The van der Waals surface area contributed by atoms with Gasteiger partial charge in [0, 0.05) is 41.2 Å². The van der Waals surface area contributed by atoms with Crippen molar-refractivity contribution in [1.82, 2.24) is 35.1 Å². The van der Waals surface area contributed by atoms with Gasteiger partial charge in [0.25, 0.3) is 0 Å². The highest BCUT2D eigenvalue weighted by molar-refractivity contribution is 5.97. The second kappa shape index (κ2) is 9.60. The number of anilines is 1. The van der Waals surface area contributed by atoms with Gasteiger partial charge in [-0.3, -0.25) is 14.9 Å². The molecule has 5 heterocycles. The predicted octanol–water partition coefficient (Wildman–Crippen LogP) is 6.03. The number of nitrogens with one attached hydrogen (secondary N) is 3. The number of rotatable bonds is 5. The zero-order chi connectivity index (χ0) is 27.2. The monoisotopic (exact) mass is 536 g/mol. The van der Waals surface area contributed by atoms with E-state index in [-0.39, 0.29) is 39.9 Å². The molecule has 1 aromatic carbocycles. The van der Waals surface area contributed by atoms with Crippen LogP contribution in [0.1, 0.15) is 25.7 Å². The van der Waals surface area contributed by atoms with Crippen LogP contribution in [0.25, 0.3) is 56.0 Å². The number of H-pyrrole nitrogens is 2. The Kier molecular flexibility index (Phi) is 5.76. The maximum atomic E-state index is 16.1. The van der Waals surface area contributed by atoms with E-state index >= 15 is 4.39 Å². The summed E-state index contributed by atoms with van der Waals surface area (Å²) in [5, 5.41) is 10.1. The van der Waals surface area contributed by atoms with Gasteiger partial charge in [0.15, 0.2) is 17.1 Å². The lowest BCUT2D eigenvalue weighted by atomic mass is 10.1. The largest absolute Gasteiger partial charge is 0.324 e. The fraction of sp³-hybridized carbons (Fsp3) is 0.172. The Balaban J connectivity index is 1.28. The molecule has 0 spiro atoms. The molecule has 0 radical (unpaired) electrons. The molecule has 1 saturated carbocycles. The van der Waals surface area contributed by atoms with E-state index in [9.17, 15) is 9.18 Å². The third-order valence-corrected chi connectivity index (χ3v) is 7.33. The van der Waals surface area contributed by atoms with Gasteiger partial charge in [-0.2, -0.15) is 5.10 Å². The molecular formula is C29H22F2N8O. The quantitative estimate of drug-likeness (QED) is 0.247. The number of nitrogens with zero attached hydrogens (tertiary/aromatic N) is 5. The van der Waals surface area contributed by atoms with Crippen molar-refractivity contribution in [2.75, 3.05) is 5.32 Å². The van der Waals surface area contributed by atoms with Crippen molar-refractivity contribution < 1.29 is 13.6 Å². The fourth-order valence-electron chi connectivity index (χ4n) is 5.30. The van der Waals surface area contributed by atoms with Crippen LogP contribution in [0.2, 0.25) is 0 Å². The average Bonchev–Trinajstić information content (AvgIpc) is 3.73. The molecule has 3 N–H and O–H groups in total. The van der Waals surface area contributed by atoms with Gasteiger partial charge in [-0.1, -0.05) is 25.0 Å². The molecule has 198 valence electrons. The summed E-state index contributed by atoms with van der Waals surface area (Å²) >= 11 is 0. The van der Waals surface area contributed by atoms with Crippen LogP contribution in [0, 0.1) is 17.6 Å². The lowest BCUT2D eigenvalue weighted by molar-refractivity contribution is -0.119.